The molecule has 0 spiro atoms. The molecule has 3 heteroatoms. The van der Waals surface area contributed by atoms with Crippen LogP contribution in [0.1, 0.15) is 21.5 Å². The highest BCUT2D eigenvalue weighted by molar-refractivity contribution is 5.95. The number of carbonyl (C=O) groups excluding carboxylic acids is 1. The van der Waals surface area contributed by atoms with Crippen LogP contribution in [0.4, 0.5) is 0 Å². The van der Waals surface area contributed by atoms with Gasteiger partial charge in [-0.15, -0.1) is 0 Å². The Kier molecular flexibility index (Phi) is 3.62. The Morgan fingerprint density at radius 2 is 1.48 bits per heavy atom. The topological polar surface area (TPSA) is 34.9 Å². The number of hydrogen-bond acceptors (Lipinski definition) is 2. The second-order valence-electron chi connectivity index (χ2n) is 4.46. The van der Waals surface area contributed by atoms with Crippen molar-refractivity contribution in [3.05, 3.63) is 89.7 Å². The van der Waals surface area contributed by atoms with E-state index in [0.29, 0.717) is 11.1 Å². The Morgan fingerprint density at radius 1 is 0.857 bits per heavy atom. The van der Waals surface area contributed by atoms with Crippen molar-refractivity contribution >= 4 is 5.91 Å². The van der Waals surface area contributed by atoms with E-state index in [0.717, 1.165) is 5.56 Å². The molecule has 100 valence electrons. The molecule has 0 aliphatic rings. The molecule has 0 N–H and O–H groups in total. The number of nitrogens with zero attached hydrogens (tertiary/aromatic N) is 2. The van der Waals surface area contributed by atoms with Gasteiger partial charge in [-0.3, -0.25) is 4.79 Å². The lowest BCUT2D eigenvalue weighted by Crippen LogP contribution is -2.11. The summed E-state index contributed by atoms with van der Waals surface area (Å²) in [6.07, 6.45) is 3.24. The standard InChI is InChI=1S/C18H12N2O/c21-18(17-9-5-2-6-10-17)20-14-16(13-19-20)12-11-15-7-3-1-4-8-15/h1-10,13-14H. The highest BCUT2D eigenvalue weighted by Crippen LogP contribution is 2.04. The van der Waals surface area contributed by atoms with Crippen LogP contribution in [0.2, 0.25) is 0 Å². The first kappa shape index (κ1) is 12.9. The van der Waals surface area contributed by atoms with Gasteiger partial charge in [0.1, 0.15) is 0 Å². The van der Waals surface area contributed by atoms with Crippen LogP contribution in [-0.4, -0.2) is 15.7 Å². The minimum absolute atomic E-state index is 0.164. The summed E-state index contributed by atoms with van der Waals surface area (Å²) in [4.78, 5) is 12.2. The number of rotatable bonds is 1. The van der Waals surface area contributed by atoms with Crippen molar-refractivity contribution in [1.82, 2.24) is 9.78 Å². The van der Waals surface area contributed by atoms with Crippen LogP contribution in [-0.2, 0) is 0 Å². The van der Waals surface area contributed by atoms with Gasteiger partial charge in [-0.1, -0.05) is 48.2 Å². The molecule has 1 aromatic heterocycles. The van der Waals surface area contributed by atoms with E-state index < -0.39 is 0 Å². The van der Waals surface area contributed by atoms with Gasteiger partial charge in [0.15, 0.2) is 0 Å². The monoisotopic (exact) mass is 272 g/mol. The van der Waals surface area contributed by atoms with Gasteiger partial charge in [0.2, 0.25) is 0 Å². The van der Waals surface area contributed by atoms with Gasteiger partial charge in [0.25, 0.3) is 5.91 Å². The zero-order chi connectivity index (χ0) is 14.5. The Labute approximate surface area is 122 Å². The van der Waals surface area contributed by atoms with Crippen molar-refractivity contribution in [2.75, 3.05) is 0 Å². The van der Waals surface area contributed by atoms with Crippen LogP contribution < -0.4 is 0 Å². The molecule has 0 atom stereocenters. The summed E-state index contributed by atoms with van der Waals surface area (Å²) in [5, 5.41) is 4.07. The van der Waals surface area contributed by atoms with Crippen molar-refractivity contribution in [2.45, 2.75) is 0 Å². The molecule has 0 amide bonds. The van der Waals surface area contributed by atoms with E-state index in [4.69, 9.17) is 0 Å². The lowest BCUT2D eigenvalue weighted by Gasteiger charge is -1.98. The second kappa shape index (κ2) is 5.89. The Morgan fingerprint density at radius 3 is 2.19 bits per heavy atom. The summed E-state index contributed by atoms with van der Waals surface area (Å²) in [6, 6.07) is 18.7. The van der Waals surface area contributed by atoms with E-state index in [1.807, 2.05) is 48.5 Å². The number of aromatic nitrogens is 2. The molecular weight excluding hydrogens is 260 g/mol. The minimum Gasteiger partial charge on any atom is -0.267 e. The first-order chi connectivity index (χ1) is 10.3. The van der Waals surface area contributed by atoms with E-state index >= 15 is 0 Å². The van der Waals surface area contributed by atoms with E-state index in [2.05, 4.69) is 16.9 Å². The highest BCUT2D eigenvalue weighted by atomic mass is 16.2. The van der Waals surface area contributed by atoms with Crippen LogP contribution in [0.25, 0.3) is 0 Å². The quantitative estimate of drug-likeness (QED) is 0.638. The summed E-state index contributed by atoms with van der Waals surface area (Å²) in [6.45, 7) is 0. The lowest BCUT2D eigenvalue weighted by molar-refractivity contribution is 0.0945. The SMILES string of the molecule is O=C(c1ccccc1)n1cc(C#Cc2ccccc2)cn1. The van der Waals surface area contributed by atoms with Crippen LogP contribution in [0.15, 0.2) is 73.1 Å². The molecule has 3 aromatic rings. The van der Waals surface area contributed by atoms with Gasteiger partial charge in [-0.25, -0.2) is 4.68 Å². The third-order valence-electron chi connectivity index (χ3n) is 2.94. The minimum atomic E-state index is -0.164. The van der Waals surface area contributed by atoms with Gasteiger partial charge in [-0.05, 0) is 24.3 Å². The molecule has 1 heterocycles. The maximum Gasteiger partial charge on any atom is 0.278 e. The molecule has 0 aliphatic heterocycles. The van der Waals surface area contributed by atoms with Crippen molar-refractivity contribution in [1.29, 1.82) is 0 Å². The van der Waals surface area contributed by atoms with Gasteiger partial charge >= 0.3 is 0 Å². The van der Waals surface area contributed by atoms with Crippen molar-refractivity contribution in [3.63, 3.8) is 0 Å². The lowest BCUT2D eigenvalue weighted by atomic mass is 10.2. The first-order valence-electron chi connectivity index (χ1n) is 6.54. The van der Waals surface area contributed by atoms with E-state index in [9.17, 15) is 4.79 Å². The maximum absolute atomic E-state index is 12.2. The number of hydrogen-bond donors (Lipinski definition) is 0. The van der Waals surface area contributed by atoms with Crippen molar-refractivity contribution < 1.29 is 4.79 Å². The first-order valence-corrected chi connectivity index (χ1v) is 6.54. The summed E-state index contributed by atoms with van der Waals surface area (Å²) in [7, 11) is 0. The predicted octanol–water partition coefficient (Wildman–Crippen LogP) is 2.97. The number of carbonyl (C=O) groups is 1. The molecule has 0 fully saturated rings. The fourth-order valence-corrected chi connectivity index (χ4v) is 1.88. The van der Waals surface area contributed by atoms with E-state index in [-0.39, 0.29) is 5.91 Å². The normalized spacial score (nSPS) is 9.71. The van der Waals surface area contributed by atoms with Gasteiger partial charge < -0.3 is 0 Å². The Balaban J connectivity index is 1.82. The Hall–Kier alpha value is -3.12. The second-order valence-corrected chi connectivity index (χ2v) is 4.46. The Bertz CT molecular complexity index is 808. The molecule has 0 unspecified atom stereocenters. The largest absolute Gasteiger partial charge is 0.278 e. The van der Waals surface area contributed by atoms with Gasteiger partial charge in [0, 0.05) is 17.3 Å². The van der Waals surface area contributed by atoms with E-state index in [1.54, 1.807) is 24.5 Å². The van der Waals surface area contributed by atoms with Crippen LogP contribution in [0.5, 0.6) is 0 Å². The molecule has 3 rings (SSSR count). The van der Waals surface area contributed by atoms with Crippen LogP contribution in [0, 0.1) is 11.8 Å². The third kappa shape index (κ3) is 3.07. The van der Waals surface area contributed by atoms with Crippen molar-refractivity contribution in [2.24, 2.45) is 0 Å². The molecule has 0 bridgehead atoms. The fraction of sp³-hybridized carbons (Fsp3) is 0. The average Bonchev–Trinajstić information content (AvgIpc) is 3.03. The molecule has 0 saturated carbocycles. The summed E-state index contributed by atoms with van der Waals surface area (Å²) < 4.78 is 1.31. The fourth-order valence-electron chi connectivity index (χ4n) is 1.88. The van der Waals surface area contributed by atoms with Gasteiger partial charge in [0.05, 0.1) is 11.8 Å². The summed E-state index contributed by atoms with van der Waals surface area (Å²) in [5.74, 6) is 5.88. The highest BCUT2D eigenvalue weighted by Gasteiger charge is 2.08. The third-order valence-corrected chi connectivity index (χ3v) is 2.94. The molecular formula is C18H12N2O. The summed E-state index contributed by atoms with van der Waals surface area (Å²) in [5.41, 5.74) is 2.24. The summed E-state index contributed by atoms with van der Waals surface area (Å²) >= 11 is 0. The predicted molar refractivity (Wildman–Crippen MR) is 80.8 cm³/mol. The molecule has 0 saturated heterocycles. The van der Waals surface area contributed by atoms with Crippen LogP contribution >= 0.6 is 0 Å². The van der Waals surface area contributed by atoms with Crippen molar-refractivity contribution in [3.8, 4) is 11.8 Å². The molecule has 0 radical (unpaired) electrons. The molecule has 3 nitrogen and oxygen atoms in total. The maximum atomic E-state index is 12.2. The average molecular weight is 272 g/mol. The molecule has 0 aliphatic carbocycles. The molecule has 2 aromatic carbocycles. The van der Waals surface area contributed by atoms with Gasteiger partial charge in [-0.2, -0.15) is 5.10 Å². The molecule has 21 heavy (non-hydrogen) atoms. The zero-order valence-corrected chi connectivity index (χ0v) is 11.2. The zero-order valence-electron chi connectivity index (χ0n) is 11.2. The van der Waals surface area contributed by atoms with E-state index in [1.165, 1.54) is 4.68 Å². The smallest absolute Gasteiger partial charge is 0.267 e. The van der Waals surface area contributed by atoms with Crippen LogP contribution in [0.3, 0.4) is 0 Å². The number of benzene rings is 2.